The molecule has 0 spiro atoms. The first-order valence-corrected chi connectivity index (χ1v) is 8.52. The van der Waals surface area contributed by atoms with Gasteiger partial charge in [0, 0.05) is 32.1 Å². The van der Waals surface area contributed by atoms with Gasteiger partial charge in [0.05, 0.1) is 0 Å². The zero-order valence-electron chi connectivity index (χ0n) is 13.8. The van der Waals surface area contributed by atoms with E-state index in [-0.39, 0.29) is 5.92 Å². The first kappa shape index (κ1) is 15.8. The Kier molecular flexibility index (Phi) is 5.48. The van der Waals surface area contributed by atoms with Crippen molar-refractivity contribution in [1.82, 2.24) is 9.80 Å². The van der Waals surface area contributed by atoms with E-state index in [1.807, 2.05) is 13.8 Å². The molecule has 3 unspecified atom stereocenters. The van der Waals surface area contributed by atoms with Crippen LogP contribution < -0.4 is 0 Å². The molecule has 0 aliphatic carbocycles. The molecule has 0 N–H and O–H groups in total. The van der Waals surface area contributed by atoms with Crippen molar-refractivity contribution >= 4 is 5.91 Å². The Balaban J connectivity index is 1.70. The average Bonchev–Trinajstić information content (AvgIpc) is 2.95. The van der Waals surface area contributed by atoms with Gasteiger partial charge in [0.25, 0.3) is 0 Å². The van der Waals surface area contributed by atoms with E-state index in [0.717, 1.165) is 30.8 Å². The van der Waals surface area contributed by atoms with Crippen molar-refractivity contribution in [3.8, 4) is 0 Å². The van der Waals surface area contributed by atoms with Gasteiger partial charge in [-0.15, -0.1) is 0 Å². The Morgan fingerprint density at radius 1 is 1.10 bits per heavy atom. The van der Waals surface area contributed by atoms with E-state index < -0.39 is 0 Å². The van der Waals surface area contributed by atoms with Crippen molar-refractivity contribution in [1.29, 1.82) is 0 Å². The van der Waals surface area contributed by atoms with Crippen molar-refractivity contribution in [3.05, 3.63) is 0 Å². The summed E-state index contributed by atoms with van der Waals surface area (Å²) in [5.41, 5.74) is 0. The van der Waals surface area contributed by atoms with Crippen molar-refractivity contribution in [3.63, 3.8) is 0 Å². The summed E-state index contributed by atoms with van der Waals surface area (Å²) < 4.78 is 0. The van der Waals surface area contributed by atoms with Crippen LogP contribution in [0.3, 0.4) is 0 Å². The Hall–Kier alpha value is -0.570. The first-order chi connectivity index (χ1) is 9.51. The molecule has 116 valence electrons. The van der Waals surface area contributed by atoms with Crippen LogP contribution in [0, 0.1) is 23.7 Å². The fourth-order valence-electron chi connectivity index (χ4n) is 3.69. The standard InChI is InChI=1S/C17H32N2O/c1-5-14(4)7-6-8-18-9-15-11-19(12-16(15)10-18)17(20)13(2)3/h13-16H,5-12H2,1-4H3. The molecule has 2 rings (SSSR count). The molecule has 0 aromatic heterocycles. The maximum absolute atomic E-state index is 12.1. The quantitative estimate of drug-likeness (QED) is 0.747. The van der Waals surface area contributed by atoms with Crippen LogP contribution in [-0.2, 0) is 4.79 Å². The van der Waals surface area contributed by atoms with Crippen molar-refractivity contribution < 1.29 is 4.79 Å². The van der Waals surface area contributed by atoms with Crippen LogP contribution in [0.15, 0.2) is 0 Å². The van der Waals surface area contributed by atoms with Crippen LogP contribution in [0.1, 0.15) is 47.0 Å². The van der Waals surface area contributed by atoms with Crippen molar-refractivity contribution in [2.24, 2.45) is 23.7 Å². The summed E-state index contributed by atoms with van der Waals surface area (Å²) in [4.78, 5) is 16.8. The van der Waals surface area contributed by atoms with Gasteiger partial charge in [0.2, 0.25) is 5.91 Å². The second-order valence-corrected chi connectivity index (χ2v) is 7.33. The lowest BCUT2D eigenvalue weighted by molar-refractivity contribution is -0.133. The molecular weight excluding hydrogens is 248 g/mol. The SMILES string of the molecule is CCC(C)CCCN1CC2CN(C(=O)C(C)C)CC2C1. The van der Waals surface area contributed by atoms with Gasteiger partial charge in [-0.05, 0) is 37.1 Å². The number of carbonyl (C=O) groups is 1. The average molecular weight is 280 g/mol. The van der Waals surface area contributed by atoms with Crippen molar-refractivity contribution in [2.45, 2.75) is 47.0 Å². The van der Waals surface area contributed by atoms with Crippen LogP contribution in [0.25, 0.3) is 0 Å². The van der Waals surface area contributed by atoms with Crippen LogP contribution in [0.4, 0.5) is 0 Å². The molecule has 3 nitrogen and oxygen atoms in total. The summed E-state index contributed by atoms with van der Waals surface area (Å²) in [5.74, 6) is 2.85. The zero-order chi connectivity index (χ0) is 14.7. The topological polar surface area (TPSA) is 23.6 Å². The van der Waals surface area contributed by atoms with E-state index in [0.29, 0.717) is 5.91 Å². The third-order valence-corrected chi connectivity index (χ3v) is 5.24. The molecule has 2 fully saturated rings. The van der Waals surface area contributed by atoms with Gasteiger partial charge in [-0.3, -0.25) is 4.79 Å². The minimum Gasteiger partial charge on any atom is -0.342 e. The molecule has 3 heteroatoms. The monoisotopic (exact) mass is 280 g/mol. The van der Waals surface area contributed by atoms with E-state index in [4.69, 9.17) is 0 Å². The molecule has 0 aromatic rings. The molecule has 1 amide bonds. The Bertz CT molecular complexity index is 315. The van der Waals surface area contributed by atoms with Crippen LogP contribution in [-0.4, -0.2) is 48.4 Å². The zero-order valence-corrected chi connectivity index (χ0v) is 13.8. The highest BCUT2D eigenvalue weighted by Gasteiger charge is 2.41. The van der Waals surface area contributed by atoms with Gasteiger partial charge >= 0.3 is 0 Å². The maximum atomic E-state index is 12.1. The number of hydrogen-bond acceptors (Lipinski definition) is 2. The van der Waals surface area contributed by atoms with Gasteiger partial charge in [-0.1, -0.05) is 34.1 Å². The lowest BCUT2D eigenvalue weighted by atomic mass is 10.0. The Labute approximate surface area is 124 Å². The molecule has 0 aromatic carbocycles. The van der Waals surface area contributed by atoms with Gasteiger partial charge < -0.3 is 9.80 Å². The van der Waals surface area contributed by atoms with E-state index in [2.05, 4.69) is 23.6 Å². The third-order valence-electron chi connectivity index (χ3n) is 5.24. The van der Waals surface area contributed by atoms with Crippen LogP contribution >= 0.6 is 0 Å². The van der Waals surface area contributed by atoms with Gasteiger partial charge in [-0.25, -0.2) is 0 Å². The normalized spacial score (nSPS) is 28.1. The lowest BCUT2D eigenvalue weighted by Crippen LogP contribution is -2.35. The Morgan fingerprint density at radius 2 is 1.70 bits per heavy atom. The van der Waals surface area contributed by atoms with Crippen LogP contribution in [0.5, 0.6) is 0 Å². The lowest BCUT2D eigenvalue weighted by Gasteiger charge is -2.23. The summed E-state index contributed by atoms with van der Waals surface area (Å²) >= 11 is 0. The molecule has 2 aliphatic rings. The Morgan fingerprint density at radius 3 is 2.20 bits per heavy atom. The highest BCUT2D eigenvalue weighted by molar-refractivity contribution is 5.78. The second-order valence-electron chi connectivity index (χ2n) is 7.33. The summed E-state index contributed by atoms with van der Waals surface area (Å²) in [6, 6.07) is 0. The maximum Gasteiger partial charge on any atom is 0.225 e. The van der Waals surface area contributed by atoms with Crippen molar-refractivity contribution in [2.75, 3.05) is 32.7 Å². The van der Waals surface area contributed by atoms with E-state index in [1.165, 1.54) is 38.9 Å². The number of rotatable bonds is 6. The number of carbonyl (C=O) groups excluding carboxylic acids is 1. The molecule has 2 aliphatic heterocycles. The fourth-order valence-corrected chi connectivity index (χ4v) is 3.69. The molecule has 0 bridgehead atoms. The summed E-state index contributed by atoms with van der Waals surface area (Å²) in [6.07, 6.45) is 4.00. The molecule has 20 heavy (non-hydrogen) atoms. The van der Waals surface area contributed by atoms with Gasteiger partial charge in [0.15, 0.2) is 0 Å². The van der Waals surface area contributed by atoms with Gasteiger partial charge in [0.1, 0.15) is 0 Å². The predicted octanol–water partition coefficient (Wildman–Crippen LogP) is 2.86. The largest absolute Gasteiger partial charge is 0.342 e. The highest BCUT2D eigenvalue weighted by Crippen LogP contribution is 2.32. The summed E-state index contributed by atoms with van der Waals surface area (Å²) in [7, 11) is 0. The number of hydrogen-bond donors (Lipinski definition) is 0. The minimum atomic E-state index is 0.153. The predicted molar refractivity (Wildman–Crippen MR) is 83.5 cm³/mol. The second kappa shape index (κ2) is 6.93. The molecular formula is C17H32N2O. The van der Waals surface area contributed by atoms with Crippen LogP contribution in [0.2, 0.25) is 0 Å². The third kappa shape index (κ3) is 3.75. The number of fused-ring (bicyclic) bond motifs is 1. The van der Waals surface area contributed by atoms with Gasteiger partial charge in [-0.2, -0.15) is 0 Å². The van der Waals surface area contributed by atoms with E-state index in [1.54, 1.807) is 0 Å². The molecule has 0 radical (unpaired) electrons. The number of amides is 1. The molecule has 3 atom stereocenters. The summed E-state index contributed by atoms with van der Waals surface area (Å²) in [5, 5.41) is 0. The smallest absolute Gasteiger partial charge is 0.225 e. The minimum absolute atomic E-state index is 0.153. The first-order valence-electron chi connectivity index (χ1n) is 8.52. The highest BCUT2D eigenvalue weighted by atomic mass is 16.2. The van der Waals surface area contributed by atoms with E-state index >= 15 is 0 Å². The van der Waals surface area contributed by atoms with E-state index in [9.17, 15) is 4.79 Å². The number of likely N-dealkylation sites (tertiary alicyclic amines) is 2. The number of nitrogens with zero attached hydrogens (tertiary/aromatic N) is 2. The molecule has 0 saturated carbocycles. The molecule has 2 heterocycles. The summed E-state index contributed by atoms with van der Waals surface area (Å²) in [6.45, 7) is 14.4. The fraction of sp³-hybridized carbons (Fsp3) is 0.941. The molecule has 2 saturated heterocycles.